The predicted molar refractivity (Wildman–Crippen MR) is 145 cm³/mol. The number of H-pyrrole nitrogens is 1. The van der Waals surface area contributed by atoms with Gasteiger partial charge in [0, 0.05) is 33.9 Å². The van der Waals surface area contributed by atoms with Crippen molar-refractivity contribution in [3.8, 4) is 11.1 Å². The van der Waals surface area contributed by atoms with Gasteiger partial charge < -0.3 is 9.72 Å². The van der Waals surface area contributed by atoms with Crippen molar-refractivity contribution in [2.24, 2.45) is 0 Å². The molecular formula is C29H30N2O4S. The third-order valence-corrected chi connectivity index (χ3v) is 7.24. The molecule has 0 spiro atoms. The number of benzene rings is 3. The first-order chi connectivity index (χ1) is 17.1. The van der Waals surface area contributed by atoms with E-state index in [0.29, 0.717) is 12.3 Å². The second-order valence-corrected chi connectivity index (χ2v) is 11.2. The van der Waals surface area contributed by atoms with E-state index in [1.165, 1.54) is 6.08 Å². The monoisotopic (exact) mass is 502 g/mol. The Kier molecular flexibility index (Phi) is 7.04. The lowest BCUT2D eigenvalue weighted by atomic mass is 9.87. The molecule has 0 unspecified atom stereocenters. The maximum atomic E-state index is 13.1. The zero-order valence-electron chi connectivity index (χ0n) is 20.8. The Bertz CT molecular complexity index is 1510. The molecular weight excluding hydrogens is 472 g/mol. The van der Waals surface area contributed by atoms with Gasteiger partial charge in [-0.15, -0.1) is 0 Å². The SMILES string of the molecule is CCOC(=O)/C=C/c1[nH]c2ccc(NS(=O)(=O)c3ccc(C(C)(C)C)cc3)cc2c1-c1ccccc1. The second-order valence-electron chi connectivity index (χ2n) is 9.51. The normalized spacial score (nSPS) is 12.2. The van der Waals surface area contributed by atoms with E-state index in [0.717, 1.165) is 33.3 Å². The van der Waals surface area contributed by atoms with E-state index >= 15 is 0 Å². The molecule has 36 heavy (non-hydrogen) atoms. The Morgan fingerprint density at radius 3 is 2.33 bits per heavy atom. The standard InChI is InChI=1S/C29H30N2O4S/c1-5-35-27(32)18-17-26-28(20-9-7-6-8-10-20)24-19-22(13-16-25(24)30-26)31-36(33,34)23-14-11-21(12-15-23)29(2,3)4/h6-19,30-31H,5H2,1-4H3/b18-17+. The van der Waals surface area contributed by atoms with E-state index in [4.69, 9.17) is 4.74 Å². The van der Waals surface area contributed by atoms with Gasteiger partial charge in [-0.25, -0.2) is 13.2 Å². The van der Waals surface area contributed by atoms with Crippen molar-refractivity contribution < 1.29 is 17.9 Å². The van der Waals surface area contributed by atoms with Crippen LogP contribution in [-0.4, -0.2) is 26.0 Å². The van der Waals surface area contributed by atoms with Crippen LogP contribution in [0, 0.1) is 0 Å². The van der Waals surface area contributed by atoms with Gasteiger partial charge >= 0.3 is 5.97 Å². The predicted octanol–water partition coefficient (Wildman–Crippen LogP) is 6.51. The van der Waals surface area contributed by atoms with E-state index in [2.05, 4.69) is 30.5 Å². The molecule has 0 atom stereocenters. The summed E-state index contributed by atoms with van der Waals surface area (Å²) in [6.07, 6.45) is 3.06. The topological polar surface area (TPSA) is 88.3 Å². The lowest BCUT2D eigenvalue weighted by Gasteiger charge is -2.19. The molecule has 3 aromatic carbocycles. The molecule has 0 saturated heterocycles. The number of carbonyl (C=O) groups excluding carboxylic acids is 1. The van der Waals surface area contributed by atoms with Gasteiger partial charge in [0.2, 0.25) is 0 Å². The molecule has 0 saturated carbocycles. The van der Waals surface area contributed by atoms with Crippen LogP contribution in [0.4, 0.5) is 5.69 Å². The minimum atomic E-state index is -3.78. The highest BCUT2D eigenvalue weighted by Gasteiger charge is 2.19. The van der Waals surface area contributed by atoms with Crippen LogP contribution in [0.3, 0.4) is 0 Å². The highest BCUT2D eigenvalue weighted by molar-refractivity contribution is 7.92. The highest BCUT2D eigenvalue weighted by Crippen LogP contribution is 2.35. The zero-order valence-corrected chi connectivity index (χ0v) is 21.6. The second kappa shape index (κ2) is 10.0. The molecule has 4 aromatic rings. The zero-order chi connectivity index (χ0) is 25.9. The summed E-state index contributed by atoms with van der Waals surface area (Å²) >= 11 is 0. The fourth-order valence-corrected chi connectivity index (χ4v) is 5.06. The summed E-state index contributed by atoms with van der Waals surface area (Å²) in [7, 11) is -3.78. The van der Waals surface area contributed by atoms with Gasteiger partial charge in [0.05, 0.1) is 11.5 Å². The maximum absolute atomic E-state index is 13.1. The van der Waals surface area contributed by atoms with Crippen LogP contribution < -0.4 is 4.72 Å². The fourth-order valence-electron chi connectivity index (χ4n) is 4.01. The molecule has 7 heteroatoms. The molecule has 186 valence electrons. The largest absolute Gasteiger partial charge is 0.463 e. The minimum absolute atomic E-state index is 0.0672. The molecule has 0 amide bonds. The molecule has 0 aliphatic rings. The number of aromatic amines is 1. The number of nitrogens with one attached hydrogen (secondary N) is 2. The first-order valence-corrected chi connectivity index (χ1v) is 13.3. The lowest BCUT2D eigenvalue weighted by molar-refractivity contribution is -0.137. The van der Waals surface area contributed by atoms with Gasteiger partial charge in [-0.05, 0) is 59.9 Å². The summed E-state index contributed by atoms with van der Waals surface area (Å²) in [5, 5.41) is 0.827. The van der Waals surface area contributed by atoms with Crippen molar-refractivity contribution in [1.29, 1.82) is 0 Å². The van der Waals surface area contributed by atoms with Crippen molar-refractivity contribution in [2.45, 2.75) is 38.0 Å². The van der Waals surface area contributed by atoms with E-state index < -0.39 is 16.0 Å². The molecule has 0 bridgehead atoms. The van der Waals surface area contributed by atoms with Crippen LogP contribution in [0.5, 0.6) is 0 Å². The van der Waals surface area contributed by atoms with Crippen LogP contribution in [0.2, 0.25) is 0 Å². The number of fused-ring (bicyclic) bond motifs is 1. The van der Waals surface area contributed by atoms with Gasteiger partial charge in [0.1, 0.15) is 0 Å². The van der Waals surface area contributed by atoms with Gasteiger partial charge in [0.25, 0.3) is 10.0 Å². The quantitative estimate of drug-likeness (QED) is 0.223. The smallest absolute Gasteiger partial charge is 0.330 e. The Morgan fingerprint density at radius 1 is 1.00 bits per heavy atom. The van der Waals surface area contributed by atoms with Crippen LogP contribution in [0.1, 0.15) is 39.0 Å². The van der Waals surface area contributed by atoms with Crippen LogP contribution in [-0.2, 0) is 25.0 Å². The average Bonchev–Trinajstić information content (AvgIpc) is 3.20. The molecule has 6 nitrogen and oxygen atoms in total. The summed E-state index contributed by atoms with van der Waals surface area (Å²) in [4.78, 5) is 15.4. The van der Waals surface area contributed by atoms with Gasteiger partial charge in [-0.1, -0.05) is 63.2 Å². The van der Waals surface area contributed by atoms with Crippen LogP contribution >= 0.6 is 0 Å². The summed E-state index contributed by atoms with van der Waals surface area (Å²) in [5.41, 5.74) is 4.77. The molecule has 1 heterocycles. The summed E-state index contributed by atoms with van der Waals surface area (Å²) in [6, 6.07) is 22.0. The number of hydrogen-bond acceptors (Lipinski definition) is 4. The molecule has 0 fully saturated rings. The fraction of sp³-hybridized carbons (Fsp3) is 0.207. The number of hydrogen-bond donors (Lipinski definition) is 2. The van der Waals surface area contributed by atoms with Crippen molar-refractivity contribution in [3.05, 3.63) is 90.1 Å². The highest BCUT2D eigenvalue weighted by atomic mass is 32.2. The van der Waals surface area contributed by atoms with Crippen molar-refractivity contribution in [2.75, 3.05) is 11.3 Å². The number of carbonyl (C=O) groups is 1. The van der Waals surface area contributed by atoms with Crippen LogP contribution in [0.15, 0.2) is 83.8 Å². The third-order valence-electron chi connectivity index (χ3n) is 5.85. The summed E-state index contributed by atoms with van der Waals surface area (Å²) < 4.78 is 33.9. The minimum Gasteiger partial charge on any atom is -0.463 e. The van der Waals surface area contributed by atoms with Crippen molar-refractivity contribution >= 4 is 38.7 Å². The molecule has 0 radical (unpaired) electrons. The number of rotatable bonds is 7. The Labute approximate surface area is 212 Å². The molecule has 4 rings (SSSR count). The van der Waals surface area contributed by atoms with E-state index in [9.17, 15) is 13.2 Å². The number of ether oxygens (including phenoxy) is 1. The van der Waals surface area contributed by atoms with Gasteiger partial charge in [-0.2, -0.15) is 0 Å². The van der Waals surface area contributed by atoms with Crippen molar-refractivity contribution in [1.82, 2.24) is 4.98 Å². The van der Waals surface area contributed by atoms with E-state index in [1.807, 2.05) is 48.5 Å². The third kappa shape index (κ3) is 5.52. The number of sulfonamides is 1. The van der Waals surface area contributed by atoms with Crippen LogP contribution in [0.25, 0.3) is 28.1 Å². The first-order valence-electron chi connectivity index (χ1n) is 11.8. The average molecular weight is 503 g/mol. The number of aromatic nitrogens is 1. The number of anilines is 1. The summed E-state index contributed by atoms with van der Waals surface area (Å²) in [6.45, 7) is 8.31. The van der Waals surface area contributed by atoms with E-state index in [1.54, 1.807) is 37.3 Å². The Morgan fingerprint density at radius 2 is 1.69 bits per heavy atom. The van der Waals surface area contributed by atoms with Gasteiger partial charge in [0.15, 0.2) is 0 Å². The molecule has 0 aliphatic heterocycles. The lowest BCUT2D eigenvalue weighted by Crippen LogP contribution is -2.14. The first kappa shape index (κ1) is 25.3. The Balaban J connectivity index is 1.73. The maximum Gasteiger partial charge on any atom is 0.330 e. The molecule has 1 aromatic heterocycles. The summed E-state index contributed by atoms with van der Waals surface area (Å²) in [5.74, 6) is -0.430. The van der Waals surface area contributed by atoms with E-state index in [-0.39, 0.29) is 10.3 Å². The number of esters is 1. The Hall–Kier alpha value is -3.84. The molecule has 0 aliphatic carbocycles. The molecule has 2 N–H and O–H groups in total. The van der Waals surface area contributed by atoms with Crippen molar-refractivity contribution in [3.63, 3.8) is 0 Å². The van der Waals surface area contributed by atoms with Gasteiger partial charge in [-0.3, -0.25) is 4.72 Å².